The Labute approximate surface area is 147 Å². The second kappa shape index (κ2) is 4.33. The van der Waals surface area contributed by atoms with Crippen LogP contribution in [0.5, 0.6) is 5.75 Å². The number of aliphatic hydroxyl groups excluding tert-OH is 2. The van der Waals surface area contributed by atoms with Gasteiger partial charge in [-0.25, -0.2) is 0 Å². The zero-order valence-corrected chi connectivity index (χ0v) is 14.7. The highest BCUT2D eigenvalue weighted by molar-refractivity contribution is 5.69. The molecule has 1 aromatic carbocycles. The van der Waals surface area contributed by atoms with Crippen molar-refractivity contribution in [2.45, 2.75) is 62.1 Å². The van der Waals surface area contributed by atoms with E-state index in [0.717, 1.165) is 24.9 Å². The molecule has 5 bridgehead atoms. The van der Waals surface area contributed by atoms with Crippen LogP contribution in [-0.2, 0) is 5.41 Å². The molecule has 1 aromatic rings. The summed E-state index contributed by atoms with van der Waals surface area (Å²) in [7, 11) is 2.09. The minimum Gasteiger partial charge on any atom is -0.508 e. The first-order valence-electron chi connectivity index (χ1n) is 9.70. The third kappa shape index (κ3) is 1.36. The van der Waals surface area contributed by atoms with Crippen LogP contribution in [0.3, 0.4) is 0 Å². The van der Waals surface area contributed by atoms with Crippen molar-refractivity contribution in [1.29, 1.82) is 0 Å². The second-order valence-electron chi connectivity index (χ2n) is 8.99. The molecule has 1 spiro atoms. The van der Waals surface area contributed by atoms with Crippen LogP contribution >= 0.6 is 0 Å². The number of phenolic OH excluding ortho intramolecular Hbond substituents is 1. The van der Waals surface area contributed by atoms with E-state index in [1.54, 1.807) is 6.07 Å². The molecule has 134 valence electrons. The largest absolute Gasteiger partial charge is 0.508 e. The Morgan fingerprint density at radius 3 is 2.80 bits per heavy atom. The predicted molar refractivity (Wildman–Crippen MR) is 93.4 cm³/mol. The number of piperidine rings is 4. The van der Waals surface area contributed by atoms with Gasteiger partial charge in [0.25, 0.3) is 0 Å². The summed E-state index contributed by atoms with van der Waals surface area (Å²) in [5.74, 6) is 1.25. The molecule has 25 heavy (non-hydrogen) atoms. The van der Waals surface area contributed by atoms with Crippen LogP contribution in [0.1, 0.15) is 31.7 Å². The molecule has 0 amide bonds. The topological polar surface area (TPSA) is 67.2 Å². The summed E-state index contributed by atoms with van der Waals surface area (Å²) in [6.07, 6.45) is 2.24. The number of rotatable bonds is 1. The number of likely N-dealkylation sites (N-methyl/N-ethyl adjacent to an activating group) is 1. The van der Waals surface area contributed by atoms with Gasteiger partial charge in [0.2, 0.25) is 0 Å². The summed E-state index contributed by atoms with van der Waals surface area (Å²) in [6.45, 7) is 2.17. The summed E-state index contributed by atoms with van der Waals surface area (Å²) in [4.78, 5) is 4.64. The van der Waals surface area contributed by atoms with Gasteiger partial charge < -0.3 is 20.2 Å². The van der Waals surface area contributed by atoms with Gasteiger partial charge in [-0.1, -0.05) is 13.0 Å². The minimum atomic E-state index is -0.371. The van der Waals surface area contributed by atoms with Gasteiger partial charge in [0.1, 0.15) is 12.0 Å². The molecule has 6 aliphatic rings. The first-order valence-corrected chi connectivity index (χ1v) is 9.70. The molecule has 7 rings (SSSR count). The maximum atomic E-state index is 11.6. The van der Waals surface area contributed by atoms with Crippen molar-refractivity contribution < 1.29 is 15.3 Å². The number of aromatic hydroxyl groups is 1. The molecule has 0 aromatic heterocycles. The van der Waals surface area contributed by atoms with Crippen LogP contribution in [0.4, 0.5) is 5.69 Å². The fourth-order valence-electron chi connectivity index (χ4n) is 7.91. The zero-order valence-electron chi connectivity index (χ0n) is 14.7. The van der Waals surface area contributed by atoms with E-state index in [4.69, 9.17) is 0 Å². The number of hydrogen-bond donors (Lipinski definition) is 3. The van der Waals surface area contributed by atoms with Gasteiger partial charge >= 0.3 is 0 Å². The Bertz CT molecular complexity index is 769. The van der Waals surface area contributed by atoms with Crippen molar-refractivity contribution in [3.8, 4) is 5.75 Å². The molecule has 5 nitrogen and oxygen atoms in total. The van der Waals surface area contributed by atoms with Crippen LogP contribution < -0.4 is 4.90 Å². The molecule has 5 aliphatic heterocycles. The summed E-state index contributed by atoms with van der Waals surface area (Å²) in [6, 6.07) is 6.39. The van der Waals surface area contributed by atoms with E-state index in [9.17, 15) is 15.3 Å². The Hall–Kier alpha value is -1.30. The van der Waals surface area contributed by atoms with Gasteiger partial charge in [0, 0.05) is 48.1 Å². The number of nitrogens with zero attached hydrogens (tertiary/aromatic N) is 2. The van der Waals surface area contributed by atoms with Crippen molar-refractivity contribution in [3.63, 3.8) is 0 Å². The first-order chi connectivity index (χ1) is 12.0. The first kappa shape index (κ1) is 14.8. The molecule has 4 saturated heterocycles. The van der Waals surface area contributed by atoms with E-state index >= 15 is 0 Å². The van der Waals surface area contributed by atoms with Gasteiger partial charge in [-0.05, 0) is 36.8 Å². The monoisotopic (exact) mass is 342 g/mol. The molecule has 5 heterocycles. The highest BCUT2D eigenvalue weighted by Gasteiger charge is 2.76. The lowest BCUT2D eigenvalue weighted by atomic mass is 9.62. The van der Waals surface area contributed by atoms with E-state index in [-0.39, 0.29) is 47.4 Å². The molecule has 10 atom stereocenters. The molecular weight excluding hydrogens is 316 g/mol. The molecule has 3 N–H and O–H groups in total. The maximum Gasteiger partial charge on any atom is 0.117 e. The fourth-order valence-corrected chi connectivity index (χ4v) is 7.91. The standard InChI is InChI=1S/C20H26N2O3/c1-3-10-11-7-14-17-20(12-5-4-9(23)6-13(12)21(17)2)8-15(16(11)18(20)24)22(14)19(10)25/h4-6,10-11,14-19,23-25H,3,7-8H2,1-2H3/t10-,11-,14-,15-,16-,17-,18+,19+,20+/m0/s1. The SMILES string of the molecule is CC[C@H]1[C@@H]2C[C@H]3[C@@H]4N(C)c5cc(O)ccc5[C@]45C[C@@H]([C@H]2[C@H]5O)N3[C@@H]1O. The Morgan fingerprint density at radius 1 is 1.24 bits per heavy atom. The highest BCUT2D eigenvalue weighted by Crippen LogP contribution is 2.69. The van der Waals surface area contributed by atoms with Crippen LogP contribution in [0.15, 0.2) is 18.2 Å². The highest BCUT2D eigenvalue weighted by atomic mass is 16.3. The van der Waals surface area contributed by atoms with Gasteiger partial charge in [-0.2, -0.15) is 0 Å². The van der Waals surface area contributed by atoms with Crippen molar-refractivity contribution in [2.24, 2.45) is 17.8 Å². The van der Waals surface area contributed by atoms with E-state index in [2.05, 4.69) is 23.8 Å². The molecule has 1 unspecified atom stereocenters. The lowest BCUT2D eigenvalue weighted by molar-refractivity contribution is -0.211. The van der Waals surface area contributed by atoms with E-state index in [1.165, 1.54) is 5.56 Å². The van der Waals surface area contributed by atoms with Crippen LogP contribution in [-0.4, -0.2) is 57.7 Å². The van der Waals surface area contributed by atoms with Gasteiger partial charge in [0.05, 0.1) is 12.1 Å². The normalized spacial score (nSPS) is 54.1. The Kier molecular flexibility index (Phi) is 2.57. The summed E-state index contributed by atoms with van der Waals surface area (Å²) in [5.41, 5.74) is 2.01. The van der Waals surface area contributed by atoms with Gasteiger partial charge in [-0.15, -0.1) is 0 Å². The van der Waals surface area contributed by atoms with E-state index < -0.39 is 0 Å². The minimum absolute atomic E-state index is 0.179. The number of phenols is 1. The van der Waals surface area contributed by atoms with Crippen molar-refractivity contribution in [1.82, 2.24) is 4.90 Å². The summed E-state index contributed by atoms with van der Waals surface area (Å²) >= 11 is 0. The van der Waals surface area contributed by atoms with Crippen molar-refractivity contribution in [3.05, 3.63) is 23.8 Å². The van der Waals surface area contributed by atoms with Gasteiger partial charge in [-0.3, -0.25) is 4.90 Å². The number of aliphatic hydroxyl groups is 2. The van der Waals surface area contributed by atoms with Crippen molar-refractivity contribution in [2.75, 3.05) is 11.9 Å². The molecule has 5 fully saturated rings. The summed E-state index contributed by atoms with van der Waals surface area (Å²) in [5, 5.41) is 32.6. The number of hydrogen-bond acceptors (Lipinski definition) is 5. The number of benzene rings is 1. The second-order valence-corrected chi connectivity index (χ2v) is 8.99. The van der Waals surface area contributed by atoms with Crippen LogP contribution in [0, 0.1) is 17.8 Å². The average molecular weight is 342 g/mol. The fraction of sp³-hybridized carbons (Fsp3) is 0.700. The lowest BCUT2D eigenvalue weighted by Crippen LogP contribution is -2.72. The molecule has 0 radical (unpaired) electrons. The Morgan fingerprint density at radius 2 is 2.04 bits per heavy atom. The van der Waals surface area contributed by atoms with Crippen molar-refractivity contribution >= 4 is 5.69 Å². The van der Waals surface area contributed by atoms with Crippen LogP contribution in [0.2, 0.25) is 0 Å². The molecular formula is C20H26N2O3. The molecule has 1 aliphatic carbocycles. The number of fused-ring (bicyclic) bond motifs is 2. The smallest absolute Gasteiger partial charge is 0.117 e. The maximum absolute atomic E-state index is 11.6. The average Bonchev–Trinajstić information content (AvgIpc) is 2.96. The quantitative estimate of drug-likeness (QED) is 0.717. The Balaban J connectivity index is 1.59. The van der Waals surface area contributed by atoms with E-state index in [1.807, 2.05) is 12.1 Å². The molecule has 5 heteroatoms. The van der Waals surface area contributed by atoms with E-state index in [0.29, 0.717) is 12.0 Å². The third-order valence-electron chi connectivity index (χ3n) is 8.54. The third-order valence-corrected chi connectivity index (χ3v) is 8.54. The summed E-state index contributed by atoms with van der Waals surface area (Å²) < 4.78 is 0. The zero-order chi connectivity index (χ0) is 17.2. The molecule has 1 saturated carbocycles. The van der Waals surface area contributed by atoms with Crippen LogP contribution in [0.25, 0.3) is 0 Å². The number of anilines is 1. The van der Waals surface area contributed by atoms with Gasteiger partial charge in [0.15, 0.2) is 0 Å². The lowest BCUT2D eigenvalue weighted by Gasteiger charge is -2.62. The predicted octanol–water partition coefficient (Wildman–Crippen LogP) is 1.26.